The summed E-state index contributed by atoms with van der Waals surface area (Å²) in [4.78, 5) is 4.70. The van der Waals surface area contributed by atoms with Gasteiger partial charge in [0.1, 0.15) is 0 Å². The third-order valence-corrected chi connectivity index (χ3v) is 4.85. The van der Waals surface area contributed by atoms with E-state index in [1.807, 2.05) is 0 Å². The molecule has 3 nitrogen and oxygen atoms in total. The number of fused-ring (bicyclic) bond motifs is 1. The maximum atomic E-state index is 4.70. The fourth-order valence-electron chi connectivity index (χ4n) is 2.99. The van der Waals surface area contributed by atoms with Crippen LogP contribution in [0.1, 0.15) is 29.9 Å². The summed E-state index contributed by atoms with van der Waals surface area (Å²) in [6.07, 6.45) is 2.66. The van der Waals surface area contributed by atoms with Crippen molar-refractivity contribution in [1.82, 2.24) is 9.55 Å². The standard InChI is InChI=1S/C18H18BrN3/c1-22-17-9-8-14(19)10-16(17)21-18(22)20-11-13-4-2-3-5-15(13)12-6-7-12/h2-5,8-10,12H,6-7,11H2,1H3,(H,20,21). The quantitative estimate of drug-likeness (QED) is 0.726. The highest BCUT2D eigenvalue weighted by Gasteiger charge is 2.25. The molecule has 2 aromatic carbocycles. The van der Waals surface area contributed by atoms with Crippen LogP contribution in [0.2, 0.25) is 0 Å². The minimum atomic E-state index is 0.773. The minimum Gasteiger partial charge on any atom is -0.352 e. The second kappa shape index (κ2) is 5.43. The van der Waals surface area contributed by atoms with Gasteiger partial charge in [0.05, 0.1) is 11.0 Å². The summed E-state index contributed by atoms with van der Waals surface area (Å²) in [6.45, 7) is 0.824. The van der Waals surface area contributed by atoms with Gasteiger partial charge < -0.3 is 9.88 Å². The van der Waals surface area contributed by atoms with E-state index in [1.165, 1.54) is 24.0 Å². The second-order valence-corrected chi connectivity index (χ2v) is 6.87. The molecule has 0 atom stereocenters. The lowest BCUT2D eigenvalue weighted by Crippen LogP contribution is -2.06. The zero-order valence-electron chi connectivity index (χ0n) is 12.5. The van der Waals surface area contributed by atoms with Crippen molar-refractivity contribution in [1.29, 1.82) is 0 Å². The molecule has 4 heteroatoms. The molecule has 22 heavy (non-hydrogen) atoms. The Bertz CT molecular complexity index is 833. The largest absolute Gasteiger partial charge is 0.352 e. The van der Waals surface area contributed by atoms with Gasteiger partial charge in [-0.2, -0.15) is 0 Å². The summed E-state index contributed by atoms with van der Waals surface area (Å²) < 4.78 is 3.17. The number of nitrogens with one attached hydrogen (secondary N) is 1. The monoisotopic (exact) mass is 355 g/mol. The molecule has 1 aromatic heterocycles. The van der Waals surface area contributed by atoms with E-state index in [4.69, 9.17) is 4.98 Å². The van der Waals surface area contributed by atoms with E-state index in [9.17, 15) is 0 Å². The Balaban J connectivity index is 1.60. The maximum Gasteiger partial charge on any atom is 0.203 e. The first-order valence-electron chi connectivity index (χ1n) is 7.66. The molecule has 0 amide bonds. The van der Waals surface area contributed by atoms with Crippen molar-refractivity contribution in [2.45, 2.75) is 25.3 Å². The van der Waals surface area contributed by atoms with E-state index in [0.29, 0.717) is 0 Å². The molecule has 0 aliphatic heterocycles. The first kappa shape index (κ1) is 13.8. The Hall–Kier alpha value is -1.81. The third-order valence-electron chi connectivity index (χ3n) is 4.35. The van der Waals surface area contributed by atoms with E-state index < -0.39 is 0 Å². The topological polar surface area (TPSA) is 29.9 Å². The van der Waals surface area contributed by atoms with Crippen molar-refractivity contribution in [3.8, 4) is 0 Å². The Morgan fingerprint density at radius 3 is 2.86 bits per heavy atom. The number of aryl methyl sites for hydroxylation is 1. The Kier molecular flexibility index (Phi) is 3.41. The van der Waals surface area contributed by atoms with E-state index in [2.05, 4.69) is 75.3 Å². The lowest BCUT2D eigenvalue weighted by molar-refractivity contribution is 0.920. The molecule has 0 spiro atoms. The van der Waals surface area contributed by atoms with Crippen LogP contribution in [0.15, 0.2) is 46.9 Å². The van der Waals surface area contributed by atoms with Gasteiger partial charge in [-0.3, -0.25) is 0 Å². The van der Waals surface area contributed by atoms with Crippen LogP contribution in [0.3, 0.4) is 0 Å². The third kappa shape index (κ3) is 2.52. The molecular weight excluding hydrogens is 338 g/mol. The second-order valence-electron chi connectivity index (χ2n) is 5.95. The van der Waals surface area contributed by atoms with Crippen LogP contribution < -0.4 is 5.32 Å². The normalized spacial score (nSPS) is 14.5. The summed E-state index contributed by atoms with van der Waals surface area (Å²) >= 11 is 3.50. The highest BCUT2D eigenvalue weighted by Crippen LogP contribution is 2.41. The predicted octanol–water partition coefficient (Wildman–Crippen LogP) is 4.83. The first-order valence-corrected chi connectivity index (χ1v) is 8.45. The van der Waals surface area contributed by atoms with Crippen molar-refractivity contribution in [3.63, 3.8) is 0 Å². The fraction of sp³-hybridized carbons (Fsp3) is 0.278. The number of hydrogen-bond acceptors (Lipinski definition) is 2. The van der Waals surface area contributed by atoms with Crippen molar-refractivity contribution in [2.24, 2.45) is 7.05 Å². The van der Waals surface area contributed by atoms with E-state index in [0.717, 1.165) is 33.9 Å². The average molecular weight is 356 g/mol. The van der Waals surface area contributed by atoms with Gasteiger partial charge in [0.25, 0.3) is 0 Å². The Morgan fingerprint density at radius 2 is 2.05 bits per heavy atom. The number of nitrogens with zero attached hydrogens (tertiary/aromatic N) is 2. The van der Waals surface area contributed by atoms with Crippen LogP contribution in [-0.4, -0.2) is 9.55 Å². The molecule has 0 unspecified atom stereocenters. The zero-order chi connectivity index (χ0) is 15.1. The van der Waals surface area contributed by atoms with Crippen molar-refractivity contribution < 1.29 is 0 Å². The van der Waals surface area contributed by atoms with Gasteiger partial charge >= 0.3 is 0 Å². The SMILES string of the molecule is Cn1c(NCc2ccccc2C2CC2)nc2cc(Br)ccc21. The van der Waals surface area contributed by atoms with Gasteiger partial charge in [-0.25, -0.2) is 4.98 Å². The first-order chi connectivity index (χ1) is 10.7. The summed E-state index contributed by atoms with van der Waals surface area (Å²) in [7, 11) is 2.05. The van der Waals surface area contributed by atoms with Crippen LogP contribution in [0.25, 0.3) is 11.0 Å². The van der Waals surface area contributed by atoms with Crippen LogP contribution in [0, 0.1) is 0 Å². The molecule has 1 heterocycles. The van der Waals surface area contributed by atoms with Gasteiger partial charge in [0.2, 0.25) is 5.95 Å². The molecule has 1 aliphatic carbocycles. The molecule has 3 aromatic rings. The summed E-state index contributed by atoms with van der Waals surface area (Å²) in [5.74, 6) is 1.69. The molecule has 1 saturated carbocycles. The fourth-order valence-corrected chi connectivity index (χ4v) is 3.34. The molecule has 0 saturated heterocycles. The lowest BCUT2D eigenvalue weighted by Gasteiger charge is -2.10. The Labute approximate surface area is 138 Å². The van der Waals surface area contributed by atoms with E-state index >= 15 is 0 Å². The molecule has 1 aliphatic rings. The van der Waals surface area contributed by atoms with Gasteiger partial charge in [0, 0.05) is 18.1 Å². The van der Waals surface area contributed by atoms with E-state index in [-0.39, 0.29) is 0 Å². The number of halogens is 1. The number of imidazole rings is 1. The summed E-state index contributed by atoms with van der Waals surface area (Å²) in [5, 5.41) is 3.50. The summed E-state index contributed by atoms with van der Waals surface area (Å²) in [5.41, 5.74) is 5.03. The molecular formula is C18H18BrN3. The molecule has 1 fully saturated rings. The molecule has 4 rings (SSSR count). The number of hydrogen-bond donors (Lipinski definition) is 1. The Morgan fingerprint density at radius 1 is 1.23 bits per heavy atom. The number of benzene rings is 2. The molecule has 112 valence electrons. The summed E-state index contributed by atoms with van der Waals surface area (Å²) in [6, 6.07) is 14.9. The van der Waals surface area contributed by atoms with Crippen LogP contribution >= 0.6 is 15.9 Å². The van der Waals surface area contributed by atoms with Gasteiger partial charge in [0.15, 0.2) is 0 Å². The molecule has 0 radical (unpaired) electrons. The smallest absolute Gasteiger partial charge is 0.203 e. The van der Waals surface area contributed by atoms with Crippen LogP contribution in [0.4, 0.5) is 5.95 Å². The number of anilines is 1. The van der Waals surface area contributed by atoms with Gasteiger partial charge in [-0.15, -0.1) is 0 Å². The zero-order valence-corrected chi connectivity index (χ0v) is 14.1. The van der Waals surface area contributed by atoms with Gasteiger partial charge in [-0.1, -0.05) is 40.2 Å². The molecule has 0 bridgehead atoms. The van der Waals surface area contributed by atoms with E-state index in [1.54, 1.807) is 0 Å². The highest BCUT2D eigenvalue weighted by atomic mass is 79.9. The lowest BCUT2D eigenvalue weighted by atomic mass is 10.0. The van der Waals surface area contributed by atoms with Crippen molar-refractivity contribution >= 4 is 32.9 Å². The van der Waals surface area contributed by atoms with Crippen molar-refractivity contribution in [3.05, 3.63) is 58.1 Å². The average Bonchev–Trinajstić information content (AvgIpc) is 3.31. The minimum absolute atomic E-state index is 0.773. The number of rotatable bonds is 4. The highest BCUT2D eigenvalue weighted by molar-refractivity contribution is 9.10. The van der Waals surface area contributed by atoms with Crippen LogP contribution in [0.5, 0.6) is 0 Å². The van der Waals surface area contributed by atoms with Crippen LogP contribution in [-0.2, 0) is 13.6 Å². The van der Waals surface area contributed by atoms with Gasteiger partial charge in [-0.05, 0) is 48.1 Å². The maximum absolute atomic E-state index is 4.70. The van der Waals surface area contributed by atoms with Crippen molar-refractivity contribution in [2.75, 3.05) is 5.32 Å². The molecule has 1 N–H and O–H groups in total. The number of aromatic nitrogens is 2. The predicted molar refractivity (Wildman–Crippen MR) is 94.2 cm³/mol.